The molecule has 0 aliphatic carbocycles. The zero-order valence-corrected chi connectivity index (χ0v) is 21.1. The summed E-state index contributed by atoms with van der Waals surface area (Å²) in [7, 11) is 0. The highest BCUT2D eigenvalue weighted by Crippen LogP contribution is 2.18. The topological polar surface area (TPSA) is 123 Å². The van der Waals surface area contributed by atoms with E-state index in [1.165, 1.54) is 18.6 Å². The molecule has 0 spiro atoms. The minimum absolute atomic E-state index is 0.0992. The molecule has 37 heavy (non-hydrogen) atoms. The molecule has 196 valence electrons. The first-order chi connectivity index (χ1) is 18.0. The van der Waals surface area contributed by atoms with E-state index < -0.39 is 24.0 Å². The number of hydrogen-bond acceptors (Lipinski definition) is 5. The lowest BCUT2D eigenvalue weighted by atomic mass is 10.1. The lowest BCUT2D eigenvalue weighted by Crippen LogP contribution is -2.48. The van der Waals surface area contributed by atoms with Crippen LogP contribution in [0.15, 0.2) is 67.1 Å². The SMILES string of the molecule is CCCCCCCNC(=O)NC(Cn1cnc(-c2ccc(C(=O)O)cc2)c1)C(=O)OCc1ccccc1. The third kappa shape index (κ3) is 9.10. The van der Waals surface area contributed by atoms with Crippen LogP contribution >= 0.6 is 0 Å². The van der Waals surface area contributed by atoms with Crippen molar-refractivity contribution in [3.05, 3.63) is 78.2 Å². The van der Waals surface area contributed by atoms with E-state index in [9.17, 15) is 14.4 Å². The number of aromatic carboxylic acids is 1. The number of carboxylic acid groups (broad SMARTS) is 1. The van der Waals surface area contributed by atoms with Gasteiger partial charge in [-0.15, -0.1) is 0 Å². The van der Waals surface area contributed by atoms with E-state index in [1.54, 1.807) is 29.2 Å². The molecule has 3 rings (SSSR count). The molecule has 0 bridgehead atoms. The molecule has 0 fully saturated rings. The van der Waals surface area contributed by atoms with Gasteiger partial charge in [-0.05, 0) is 24.1 Å². The standard InChI is InChI=1S/C28H34N4O5/c1-2-3-4-5-9-16-29-28(36)31-25(27(35)37-19-21-10-7-6-8-11-21)18-32-17-24(30-20-32)22-12-14-23(15-13-22)26(33)34/h6-8,10-15,17,20,25H,2-5,9,16,18-19H2,1H3,(H,33,34)(H2,29,31,36). The van der Waals surface area contributed by atoms with Crippen LogP contribution in [0, 0.1) is 0 Å². The van der Waals surface area contributed by atoms with Crippen LogP contribution in [0.25, 0.3) is 11.3 Å². The average Bonchev–Trinajstić information content (AvgIpc) is 3.38. The molecule has 0 saturated carbocycles. The summed E-state index contributed by atoms with van der Waals surface area (Å²) in [5, 5.41) is 14.6. The molecule has 2 amide bonds. The molecule has 3 N–H and O–H groups in total. The molecule has 0 saturated heterocycles. The van der Waals surface area contributed by atoms with Crippen LogP contribution in [0.1, 0.15) is 54.9 Å². The lowest BCUT2D eigenvalue weighted by Gasteiger charge is -2.18. The predicted molar refractivity (Wildman–Crippen MR) is 140 cm³/mol. The van der Waals surface area contributed by atoms with Crippen LogP contribution in [-0.4, -0.2) is 45.2 Å². The van der Waals surface area contributed by atoms with Crippen molar-refractivity contribution in [3.63, 3.8) is 0 Å². The van der Waals surface area contributed by atoms with Gasteiger partial charge in [0.05, 0.1) is 24.1 Å². The first kappa shape index (κ1) is 27.4. The Kier molecular flexibility index (Phi) is 10.7. The number of rotatable bonds is 14. The number of urea groups is 1. The number of benzene rings is 2. The van der Waals surface area contributed by atoms with E-state index >= 15 is 0 Å². The van der Waals surface area contributed by atoms with Gasteiger partial charge in [-0.3, -0.25) is 0 Å². The number of nitrogens with zero attached hydrogens (tertiary/aromatic N) is 2. The second kappa shape index (κ2) is 14.4. The van der Waals surface area contributed by atoms with Gasteiger partial charge in [0.25, 0.3) is 0 Å². The number of amides is 2. The lowest BCUT2D eigenvalue weighted by molar-refractivity contribution is -0.147. The maximum absolute atomic E-state index is 12.9. The van der Waals surface area contributed by atoms with Crippen LogP contribution in [0.3, 0.4) is 0 Å². The highest BCUT2D eigenvalue weighted by Gasteiger charge is 2.23. The number of carbonyl (C=O) groups is 3. The third-order valence-corrected chi connectivity index (χ3v) is 5.83. The highest BCUT2D eigenvalue weighted by atomic mass is 16.5. The molecule has 9 heteroatoms. The van der Waals surface area contributed by atoms with Gasteiger partial charge in [0.15, 0.2) is 0 Å². The van der Waals surface area contributed by atoms with Gasteiger partial charge >= 0.3 is 18.0 Å². The predicted octanol–water partition coefficient (Wildman–Crippen LogP) is 4.63. The fourth-order valence-electron chi connectivity index (χ4n) is 3.75. The molecule has 1 heterocycles. The quantitative estimate of drug-likeness (QED) is 0.216. The number of ether oxygens (including phenoxy) is 1. The van der Waals surface area contributed by atoms with Crippen LogP contribution in [-0.2, 0) is 22.7 Å². The second-order valence-corrected chi connectivity index (χ2v) is 8.80. The molecular formula is C28H34N4O5. The summed E-state index contributed by atoms with van der Waals surface area (Å²) < 4.78 is 7.18. The molecule has 9 nitrogen and oxygen atoms in total. The normalized spacial score (nSPS) is 11.5. The Morgan fingerprint density at radius 2 is 1.73 bits per heavy atom. The number of imidazole rings is 1. The Morgan fingerprint density at radius 3 is 2.43 bits per heavy atom. The zero-order valence-electron chi connectivity index (χ0n) is 21.1. The van der Waals surface area contributed by atoms with Crippen LogP contribution in [0.4, 0.5) is 4.79 Å². The van der Waals surface area contributed by atoms with Gasteiger partial charge in [0, 0.05) is 18.3 Å². The molecule has 1 aromatic heterocycles. The maximum Gasteiger partial charge on any atom is 0.335 e. The van der Waals surface area contributed by atoms with E-state index in [4.69, 9.17) is 9.84 Å². The molecule has 0 aliphatic rings. The first-order valence-electron chi connectivity index (χ1n) is 12.6. The largest absolute Gasteiger partial charge is 0.478 e. The summed E-state index contributed by atoms with van der Waals surface area (Å²) in [6.45, 7) is 2.91. The molecular weight excluding hydrogens is 472 g/mol. The van der Waals surface area contributed by atoms with Crippen molar-refractivity contribution >= 4 is 18.0 Å². The number of unbranched alkanes of at least 4 members (excludes halogenated alkanes) is 4. The van der Waals surface area contributed by atoms with Crippen molar-refractivity contribution in [1.82, 2.24) is 20.2 Å². The van der Waals surface area contributed by atoms with Gasteiger partial charge in [0.2, 0.25) is 0 Å². The number of esters is 1. The minimum Gasteiger partial charge on any atom is -0.478 e. The van der Waals surface area contributed by atoms with E-state index in [-0.39, 0.29) is 18.7 Å². The molecule has 1 unspecified atom stereocenters. The number of nitrogens with one attached hydrogen (secondary N) is 2. The second-order valence-electron chi connectivity index (χ2n) is 8.80. The summed E-state index contributed by atoms with van der Waals surface area (Å²) >= 11 is 0. The Labute approximate surface area is 216 Å². The molecule has 1 atom stereocenters. The summed E-state index contributed by atoms with van der Waals surface area (Å²) in [6, 6.07) is 14.3. The molecule has 2 aromatic carbocycles. The van der Waals surface area contributed by atoms with Crippen LogP contribution < -0.4 is 10.6 Å². The van der Waals surface area contributed by atoms with E-state index in [1.807, 2.05) is 30.3 Å². The van der Waals surface area contributed by atoms with Crippen molar-refractivity contribution in [2.24, 2.45) is 0 Å². The molecule has 0 radical (unpaired) electrons. The summed E-state index contributed by atoms with van der Waals surface area (Å²) in [5.41, 5.74) is 2.39. The molecule has 3 aromatic rings. The minimum atomic E-state index is -1.00. The Morgan fingerprint density at radius 1 is 1.00 bits per heavy atom. The third-order valence-electron chi connectivity index (χ3n) is 5.83. The highest BCUT2D eigenvalue weighted by molar-refractivity contribution is 5.88. The summed E-state index contributed by atoms with van der Waals surface area (Å²) in [5.74, 6) is -1.55. The maximum atomic E-state index is 12.9. The first-order valence-corrected chi connectivity index (χ1v) is 12.6. The van der Waals surface area contributed by atoms with Crippen molar-refractivity contribution in [1.29, 1.82) is 0 Å². The summed E-state index contributed by atoms with van der Waals surface area (Å²) in [4.78, 5) is 40.9. The van der Waals surface area contributed by atoms with Gasteiger partial charge in [0.1, 0.15) is 12.6 Å². The zero-order chi connectivity index (χ0) is 26.5. The van der Waals surface area contributed by atoms with Crippen molar-refractivity contribution in [2.45, 2.75) is 58.2 Å². The summed E-state index contributed by atoms with van der Waals surface area (Å²) in [6.07, 6.45) is 8.69. The number of aromatic nitrogens is 2. The fraction of sp³-hybridized carbons (Fsp3) is 0.357. The Balaban J connectivity index is 1.63. The number of hydrogen-bond donors (Lipinski definition) is 3. The van der Waals surface area contributed by atoms with Gasteiger partial charge in [-0.1, -0.05) is 75.1 Å². The average molecular weight is 507 g/mol. The van der Waals surface area contributed by atoms with E-state index in [2.05, 4.69) is 22.5 Å². The number of carbonyl (C=O) groups excluding carboxylic acids is 2. The number of carboxylic acids is 1. The van der Waals surface area contributed by atoms with Crippen LogP contribution in [0.2, 0.25) is 0 Å². The Bertz CT molecular complexity index is 1140. The van der Waals surface area contributed by atoms with Crippen molar-refractivity contribution in [2.75, 3.05) is 6.54 Å². The van der Waals surface area contributed by atoms with Gasteiger partial charge < -0.3 is 25.0 Å². The monoisotopic (exact) mass is 506 g/mol. The smallest absolute Gasteiger partial charge is 0.335 e. The van der Waals surface area contributed by atoms with Crippen LogP contribution in [0.5, 0.6) is 0 Å². The van der Waals surface area contributed by atoms with E-state index in [0.717, 1.165) is 36.8 Å². The van der Waals surface area contributed by atoms with Gasteiger partial charge in [-0.2, -0.15) is 0 Å². The Hall–Kier alpha value is -4.14. The fourth-order valence-corrected chi connectivity index (χ4v) is 3.75. The van der Waals surface area contributed by atoms with Crippen molar-refractivity contribution < 1.29 is 24.2 Å². The molecule has 0 aliphatic heterocycles. The van der Waals surface area contributed by atoms with Gasteiger partial charge in [-0.25, -0.2) is 19.4 Å². The van der Waals surface area contributed by atoms with Crippen molar-refractivity contribution in [3.8, 4) is 11.3 Å². The van der Waals surface area contributed by atoms with E-state index in [0.29, 0.717) is 12.2 Å².